The molecule has 0 heterocycles. The van der Waals surface area contributed by atoms with E-state index in [1.54, 1.807) is 26.0 Å². The van der Waals surface area contributed by atoms with Crippen LogP contribution < -0.4 is 21.3 Å². The quantitative estimate of drug-likeness (QED) is 0.149. The third-order valence-electron chi connectivity index (χ3n) is 6.65. The fraction of sp³-hybridized carbons (Fsp3) is 0.452. The third kappa shape index (κ3) is 13.4. The molecule has 0 saturated heterocycles. The van der Waals surface area contributed by atoms with E-state index >= 15 is 0 Å². The minimum Gasteiger partial charge on any atom is -0.508 e. The van der Waals surface area contributed by atoms with Gasteiger partial charge in [0.15, 0.2) is 0 Å². The zero-order chi connectivity index (χ0) is 31.8. The predicted octanol–water partition coefficient (Wildman–Crippen LogP) is 1.72. The number of ether oxygens (including phenoxy) is 1. The zero-order valence-electron chi connectivity index (χ0n) is 24.7. The maximum Gasteiger partial charge on any atom is 0.407 e. The normalized spacial score (nSPS) is 13.6. The van der Waals surface area contributed by atoms with Crippen molar-refractivity contribution in [3.63, 3.8) is 0 Å². The molecule has 2 aromatic rings. The molecule has 0 radical (unpaired) electrons. The Morgan fingerprint density at radius 3 is 2.14 bits per heavy atom. The minimum atomic E-state index is -1.13. The molecule has 2 rings (SSSR count). The van der Waals surface area contributed by atoms with Gasteiger partial charge in [0.05, 0.1) is 18.2 Å². The highest BCUT2D eigenvalue weighted by Gasteiger charge is 2.26. The number of phenols is 1. The standard InChI is InChI=1S/C31H42N4O8/c1-20(2)26(18-36)34-28(39)14-13-27(38)25(17-22-9-11-24(37)12-10-22)35-30(41)21(3)33-29(40)15-16-32-31(42)43-19-23-7-5-4-6-8-23/h4-12,18,20-21,25-27,37-38H,13-17,19H2,1-3H3,(H,32,42)(H,33,40)(H,34,39)(H,35,41)/t21?,25-,26?,27-/m0/s1. The van der Waals surface area contributed by atoms with E-state index in [1.807, 2.05) is 30.3 Å². The van der Waals surface area contributed by atoms with Gasteiger partial charge in [-0.3, -0.25) is 14.4 Å². The van der Waals surface area contributed by atoms with Crippen molar-refractivity contribution >= 4 is 30.1 Å². The van der Waals surface area contributed by atoms with Crippen LogP contribution in [0.15, 0.2) is 54.6 Å². The largest absolute Gasteiger partial charge is 0.508 e. The van der Waals surface area contributed by atoms with Crippen LogP contribution in [0.1, 0.15) is 51.2 Å². The Hall–Kier alpha value is -4.45. The summed E-state index contributed by atoms with van der Waals surface area (Å²) >= 11 is 0. The lowest BCUT2D eigenvalue weighted by Crippen LogP contribution is -2.52. The van der Waals surface area contributed by atoms with Gasteiger partial charge in [0.2, 0.25) is 17.7 Å². The number of nitrogens with one attached hydrogen (secondary N) is 4. The average Bonchev–Trinajstić information content (AvgIpc) is 2.98. The molecular formula is C31H42N4O8. The minimum absolute atomic E-state index is 0.000177. The number of aliphatic hydroxyl groups is 1. The molecule has 0 bridgehead atoms. The fourth-order valence-corrected chi connectivity index (χ4v) is 4.00. The van der Waals surface area contributed by atoms with Gasteiger partial charge in [-0.25, -0.2) is 4.79 Å². The lowest BCUT2D eigenvalue weighted by molar-refractivity contribution is -0.129. The molecule has 4 amide bonds. The fourth-order valence-electron chi connectivity index (χ4n) is 4.00. The second-order valence-corrected chi connectivity index (χ2v) is 10.6. The molecule has 12 nitrogen and oxygen atoms in total. The van der Waals surface area contributed by atoms with Crippen LogP contribution in [-0.2, 0) is 36.9 Å². The molecule has 0 aliphatic rings. The highest BCUT2D eigenvalue weighted by molar-refractivity contribution is 5.87. The number of aromatic hydroxyl groups is 1. The number of rotatable bonds is 17. The van der Waals surface area contributed by atoms with Gasteiger partial charge in [0.1, 0.15) is 24.7 Å². The second-order valence-electron chi connectivity index (χ2n) is 10.6. The van der Waals surface area contributed by atoms with Crippen molar-refractivity contribution < 1.29 is 38.9 Å². The molecule has 0 aliphatic carbocycles. The summed E-state index contributed by atoms with van der Waals surface area (Å²) in [5, 5.41) is 30.9. The van der Waals surface area contributed by atoms with E-state index in [1.165, 1.54) is 19.1 Å². The molecule has 2 aromatic carbocycles. The first-order valence-electron chi connectivity index (χ1n) is 14.2. The van der Waals surface area contributed by atoms with Crippen LogP contribution in [0.2, 0.25) is 0 Å². The van der Waals surface area contributed by atoms with Crippen molar-refractivity contribution in [1.29, 1.82) is 0 Å². The van der Waals surface area contributed by atoms with E-state index in [0.29, 0.717) is 11.8 Å². The summed E-state index contributed by atoms with van der Waals surface area (Å²) < 4.78 is 5.10. The van der Waals surface area contributed by atoms with Gasteiger partial charge >= 0.3 is 6.09 Å². The number of alkyl carbamates (subject to hydrolysis) is 1. The van der Waals surface area contributed by atoms with Gasteiger partial charge in [-0.15, -0.1) is 0 Å². The maximum absolute atomic E-state index is 13.0. The van der Waals surface area contributed by atoms with Crippen LogP contribution in [0.4, 0.5) is 4.79 Å². The highest BCUT2D eigenvalue weighted by Crippen LogP contribution is 2.15. The third-order valence-corrected chi connectivity index (χ3v) is 6.65. The summed E-state index contributed by atoms with van der Waals surface area (Å²) in [5.41, 5.74) is 1.54. The van der Waals surface area contributed by atoms with E-state index in [0.717, 1.165) is 5.56 Å². The van der Waals surface area contributed by atoms with E-state index in [2.05, 4.69) is 21.3 Å². The van der Waals surface area contributed by atoms with Crippen LogP contribution in [0.5, 0.6) is 5.75 Å². The first kappa shape index (κ1) is 34.7. The summed E-state index contributed by atoms with van der Waals surface area (Å²) in [4.78, 5) is 60.7. The molecule has 4 atom stereocenters. The Morgan fingerprint density at radius 1 is 0.860 bits per heavy atom. The molecule has 43 heavy (non-hydrogen) atoms. The molecule has 2 unspecified atom stereocenters. The molecule has 12 heteroatoms. The maximum atomic E-state index is 13.0. The summed E-state index contributed by atoms with van der Waals surface area (Å²) in [5.74, 6) is -1.47. The van der Waals surface area contributed by atoms with Crippen LogP contribution in [0.25, 0.3) is 0 Å². The van der Waals surface area contributed by atoms with E-state index in [-0.39, 0.29) is 50.5 Å². The van der Waals surface area contributed by atoms with E-state index in [9.17, 15) is 34.2 Å². The smallest absolute Gasteiger partial charge is 0.407 e. The van der Waals surface area contributed by atoms with Crippen LogP contribution in [0.3, 0.4) is 0 Å². The van der Waals surface area contributed by atoms with E-state index in [4.69, 9.17) is 4.74 Å². The van der Waals surface area contributed by atoms with Crippen molar-refractivity contribution in [2.75, 3.05) is 6.54 Å². The first-order chi connectivity index (χ1) is 20.5. The molecule has 234 valence electrons. The predicted molar refractivity (Wildman–Crippen MR) is 159 cm³/mol. The molecule has 6 N–H and O–H groups in total. The van der Waals surface area contributed by atoms with Crippen molar-refractivity contribution in [1.82, 2.24) is 21.3 Å². The SMILES string of the molecule is CC(NC(=O)CCNC(=O)OCc1ccccc1)C(=O)N[C@@H](Cc1ccc(O)cc1)[C@@H](O)CCC(=O)NC(C=O)C(C)C. The van der Waals surface area contributed by atoms with Crippen molar-refractivity contribution in [2.24, 2.45) is 5.92 Å². The number of benzene rings is 2. The Morgan fingerprint density at radius 2 is 1.51 bits per heavy atom. The number of hydrogen-bond acceptors (Lipinski definition) is 8. The van der Waals surface area contributed by atoms with Crippen LogP contribution in [0, 0.1) is 5.92 Å². The Bertz CT molecular complexity index is 1190. The number of amides is 4. The van der Waals surface area contributed by atoms with E-state index < -0.39 is 48.0 Å². The van der Waals surface area contributed by atoms with Crippen molar-refractivity contribution in [3.05, 3.63) is 65.7 Å². The van der Waals surface area contributed by atoms with Gasteiger partial charge in [-0.2, -0.15) is 0 Å². The Kier molecular flexibility index (Phi) is 14.7. The van der Waals surface area contributed by atoms with Gasteiger partial charge in [-0.05, 0) is 48.9 Å². The number of carbonyl (C=O) groups is 5. The second kappa shape index (κ2) is 18.2. The monoisotopic (exact) mass is 598 g/mol. The number of carbonyl (C=O) groups excluding carboxylic acids is 5. The summed E-state index contributed by atoms with van der Waals surface area (Å²) in [7, 11) is 0. The number of aldehydes is 1. The molecule has 0 fully saturated rings. The lowest BCUT2D eigenvalue weighted by atomic mass is 9.97. The lowest BCUT2D eigenvalue weighted by Gasteiger charge is -2.26. The van der Waals surface area contributed by atoms with Gasteiger partial charge in [0, 0.05) is 19.4 Å². The average molecular weight is 599 g/mol. The van der Waals surface area contributed by atoms with Crippen molar-refractivity contribution in [2.45, 2.75) is 77.3 Å². The molecule has 0 saturated carbocycles. The molecule has 0 aromatic heterocycles. The summed E-state index contributed by atoms with van der Waals surface area (Å²) in [6, 6.07) is 13.0. The number of aliphatic hydroxyl groups excluding tert-OH is 1. The highest BCUT2D eigenvalue weighted by atomic mass is 16.5. The van der Waals surface area contributed by atoms with Gasteiger partial charge < -0.3 is 41.0 Å². The summed E-state index contributed by atoms with van der Waals surface area (Å²) in [6.07, 6.45) is -1.12. The molecular weight excluding hydrogens is 556 g/mol. The van der Waals surface area contributed by atoms with Gasteiger partial charge in [0.25, 0.3) is 0 Å². The topological polar surface area (TPSA) is 183 Å². The van der Waals surface area contributed by atoms with Gasteiger partial charge in [-0.1, -0.05) is 56.3 Å². The molecule has 0 spiro atoms. The zero-order valence-corrected chi connectivity index (χ0v) is 24.7. The van der Waals surface area contributed by atoms with Crippen molar-refractivity contribution in [3.8, 4) is 5.75 Å². The Labute approximate surface area is 251 Å². The number of phenolic OH excluding ortho intramolecular Hbond substituents is 1. The Balaban J connectivity index is 1.87. The first-order valence-corrected chi connectivity index (χ1v) is 14.2. The number of hydrogen-bond donors (Lipinski definition) is 6. The van der Waals surface area contributed by atoms with Crippen LogP contribution >= 0.6 is 0 Å². The van der Waals surface area contributed by atoms with Crippen LogP contribution in [-0.4, -0.2) is 71.1 Å². The molecule has 0 aliphatic heterocycles. The summed E-state index contributed by atoms with van der Waals surface area (Å²) in [6.45, 7) is 5.18.